The molecule has 0 saturated carbocycles. The zero-order valence-electron chi connectivity index (χ0n) is 9.64. The van der Waals surface area contributed by atoms with Crippen molar-refractivity contribution in [3.8, 4) is 0 Å². The molecule has 1 heterocycles. The van der Waals surface area contributed by atoms with E-state index in [-0.39, 0.29) is 10.8 Å². The highest BCUT2D eigenvalue weighted by molar-refractivity contribution is 8.13. The predicted octanol–water partition coefficient (Wildman–Crippen LogP) is 2.38. The number of rotatable bonds is 4. The van der Waals surface area contributed by atoms with Crippen molar-refractivity contribution in [2.75, 3.05) is 5.75 Å². The van der Waals surface area contributed by atoms with Gasteiger partial charge >= 0.3 is 5.97 Å². The van der Waals surface area contributed by atoms with Crippen LogP contribution in [0.3, 0.4) is 0 Å². The van der Waals surface area contributed by atoms with Gasteiger partial charge in [0.25, 0.3) is 0 Å². The third kappa shape index (κ3) is 4.40. The summed E-state index contributed by atoms with van der Waals surface area (Å²) in [4.78, 5) is 25.5. The molecule has 0 aromatic carbocycles. The van der Waals surface area contributed by atoms with Crippen molar-refractivity contribution < 1.29 is 14.7 Å². The van der Waals surface area contributed by atoms with E-state index in [4.69, 9.17) is 5.11 Å². The molecule has 5 heteroatoms. The summed E-state index contributed by atoms with van der Waals surface area (Å²) >= 11 is 1.18. The molecule has 0 aliphatic heterocycles. The lowest BCUT2D eigenvalue weighted by molar-refractivity contribution is -0.109. The Balaban J connectivity index is 2.85. The number of hydrogen-bond donors (Lipinski definition) is 1. The number of aromatic nitrogens is 1. The van der Waals surface area contributed by atoms with Crippen LogP contribution in [0, 0.1) is 6.92 Å². The van der Waals surface area contributed by atoms with Crippen molar-refractivity contribution in [3.05, 3.63) is 35.2 Å². The maximum absolute atomic E-state index is 10.9. The molecule has 0 aliphatic rings. The standard InChI is InChI=1S/C12H13NO3S/c1-8-6-10(4-3-5-17-9(2)14)11(12(15)16)13-7-8/h3-4,6-7H,5H2,1-2H3,(H,15,16). The second-order valence-electron chi connectivity index (χ2n) is 3.46. The third-order valence-corrected chi connectivity index (χ3v) is 2.70. The topological polar surface area (TPSA) is 67.3 Å². The van der Waals surface area contributed by atoms with Gasteiger partial charge in [-0.2, -0.15) is 0 Å². The fourth-order valence-corrected chi connectivity index (χ4v) is 1.67. The molecule has 0 aliphatic carbocycles. The predicted molar refractivity (Wildman–Crippen MR) is 68.1 cm³/mol. The van der Waals surface area contributed by atoms with Crippen molar-refractivity contribution in [2.45, 2.75) is 13.8 Å². The Hall–Kier alpha value is -1.62. The van der Waals surface area contributed by atoms with E-state index in [0.29, 0.717) is 11.3 Å². The van der Waals surface area contributed by atoms with Crippen LogP contribution in [0.15, 0.2) is 18.3 Å². The highest BCUT2D eigenvalue weighted by Crippen LogP contribution is 2.12. The van der Waals surface area contributed by atoms with Crippen LogP contribution in [-0.2, 0) is 4.79 Å². The fraction of sp³-hybridized carbons (Fsp3) is 0.250. The summed E-state index contributed by atoms with van der Waals surface area (Å²) in [5, 5.41) is 8.98. The van der Waals surface area contributed by atoms with Gasteiger partial charge in [0.1, 0.15) is 0 Å². The van der Waals surface area contributed by atoms with Crippen molar-refractivity contribution >= 4 is 28.9 Å². The molecular weight excluding hydrogens is 238 g/mol. The van der Waals surface area contributed by atoms with Crippen molar-refractivity contribution in [1.29, 1.82) is 0 Å². The van der Waals surface area contributed by atoms with Gasteiger partial charge in [0.15, 0.2) is 10.8 Å². The van der Waals surface area contributed by atoms with Crippen molar-refractivity contribution in [1.82, 2.24) is 4.98 Å². The van der Waals surface area contributed by atoms with Crippen LogP contribution in [0.25, 0.3) is 6.08 Å². The summed E-state index contributed by atoms with van der Waals surface area (Å²) in [5.74, 6) is -0.522. The van der Waals surface area contributed by atoms with E-state index >= 15 is 0 Å². The number of nitrogens with zero attached hydrogens (tertiary/aromatic N) is 1. The van der Waals surface area contributed by atoms with Gasteiger partial charge in [0, 0.05) is 24.4 Å². The zero-order valence-corrected chi connectivity index (χ0v) is 10.5. The second kappa shape index (κ2) is 6.20. The molecule has 0 radical (unpaired) electrons. The average Bonchev–Trinajstić information content (AvgIpc) is 2.23. The summed E-state index contributed by atoms with van der Waals surface area (Å²) in [6.07, 6.45) is 4.96. The summed E-state index contributed by atoms with van der Waals surface area (Å²) in [5.41, 5.74) is 1.48. The van der Waals surface area contributed by atoms with E-state index in [0.717, 1.165) is 5.56 Å². The lowest BCUT2D eigenvalue weighted by Gasteiger charge is -2.01. The lowest BCUT2D eigenvalue weighted by atomic mass is 10.1. The van der Waals surface area contributed by atoms with Gasteiger partial charge in [-0.3, -0.25) is 4.79 Å². The van der Waals surface area contributed by atoms with Crippen LogP contribution in [0.1, 0.15) is 28.5 Å². The first-order chi connectivity index (χ1) is 8.00. The van der Waals surface area contributed by atoms with E-state index < -0.39 is 5.97 Å². The van der Waals surface area contributed by atoms with E-state index in [2.05, 4.69) is 4.98 Å². The maximum Gasteiger partial charge on any atom is 0.355 e. The Morgan fingerprint density at radius 3 is 2.82 bits per heavy atom. The van der Waals surface area contributed by atoms with E-state index in [1.165, 1.54) is 24.9 Å². The zero-order chi connectivity index (χ0) is 12.8. The van der Waals surface area contributed by atoms with Gasteiger partial charge in [-0.25, -0.2) is 9.78 Å². The SMILES string of the molecule is CC(=O)SCC=Cc1cc(C)cnc1C(=O)O. The number of carbonyl (C=O) groups excluding carboxylic acids is 1. The number of thioether (sulfide) groups is 1. The van der Waals surface area contributed by atoms with Crippen LogP contribution >= 0.6 is 11.8 Å². The number of hydrogen-bond acceptors (Lipinski definition) is 4. The number of aromatic carboxylic acids is 1. The Morgan fingerprint density at radius 2 is 2.24 bits per heavy atom. The Labute approximate surface area is 104 Å². The molecule has 0 spiro atoms. The first-order valence-electron chi connectivity index (χ1n) is 5.00. The third-order valence-electron chi connectivity index (χ3n) is 1.94. The summed E-state index contributed by atoms with van der Waals surface area (Å²) in [6, 6.07) is 1.76. The molecule has 1 aromatic rings. The first kappa shape index (κ1) is 13.4. The normalized spacial score (nSPS) is 10.7. The van der Waals surface area contributed by atoms with Gasteiger partial charge in [0.05, 0.1) is 0 Å². The summed E-state index contributed by atoms with van der Waals surface area (Å²) in [6.45, 7) is 3.34. The lowest BCUT2D eigenvalue weighted by Crippen LogP contribution is -2.03. The molecule has 1 rings (SSSR count). The molecule has 0 amide bonds. The van der Waals surface area contributed by atoms with Crippen LogP contribution in [0.5, 0.6) is 0 Å². The molecule has 1 N–H and O–H groups in total. The monoisotopic (exact) mass is 251 g/mol. The van der Waals surface area contributed by atoms with Gasteiger partial charge in [0.2, 0.25) is 0 Å². The van der Waals surface area contributed by atoms with Gasteiger partial charge in [-0.05, 0) is 18.6 Å². The average molecular weight is 251 g/mol. The maximum atomic E-state index is 10.9. The number of aryl methyl sites for hydroxylation is 1. The molecule has 0 fully saturated rings. The van der Waals surface area contributed by atoms with Gasteiger partial charge in [-0.15, -0.1) is 0 Å². The molecule has 0 unspecified atom stereocenters. The summed E-state index contributed by atoms with van der Waals surface area (Å²) in [7, 11) is 0. The second-order valence-corrected chi connectivity index (χ2v) is 4.66. The highest BCUT2D eigenvalue weighted by Gasteiger charge is 2.09. The summed E-state index contributed by atoms with van der Waals surface area (Å²) < 4.78 is 0. The van der Waals surface area contributed by atoms with Gasteiger partial charge in [-0.1, -0.05) is 23.9 Å². The molecular formula is C12H13NO3S. The minimum absolute atomic E-state index is 0.0275. The Morgan fingerprint density at radius 1 is 1.53 bits per heavy atom. The minimum Gasteiger partial charge on any atom is -0.476 e. The van der Waals surface area contributed by atoms with E-state index in [9.17, 15) is 9.59 Å². The van der Waals surface area contributed by atoms with Gasteiger partial charge < -0.3 is 5.11 Å². The van der Waals surface area contributed by atoms with Crippen LogP contribution in [-0.4, -0.2) is 26.9 Å². The van der Waals surface area contributed by atoms with Crippen molar-refractivity contribution in [3.63, 3.8) is 0 Å². The van der Waals surface area contributed by atoms with Crippen LogP contribution in [0.4, 0.5) is 0 Å². The smallest absolute Gasteiger partial charge is 0.355 e. The number of carboxylic acid groups (broad SMARTS) is 1. The molecule has 90 valence electrons. The largest absolute Gasteiger partial charge is 0.476 e. The molecule has 0 atom stereocenters. The molecule has 0 saturated heterocycles. The highest BCUT2D eigenvalue weighted by atomic mass is 32.2. The fourth-order valence-electron chi connectivity index (χ4n) is 1.24. The molecule has 17 heavy (non-hydrogen) atoms. The Kier molecular flexibility index (Phi) is 4.90. The molecule has 4 nitrogen and oxygen atoms in total. The van der Waals surface area contributed by atoms with E-state index in [1.54, 1.807) is 18.2 Å². The number of carbonyl (C=O) groups is 2. The van der Waals surface area contributed by atoms with Crippen LogP contribution < -0.4 is 0 Å². The quantitative estimate of drug-likeness (QED) is 0.889. The Bertz CT molecular complexity index is 469. The molecule has 1 aromatic heterocycles. The number of pyridine rings is 1. The van der Waals surface area contributed by atoms with Crippen molar-refractivity contribution in [2.24, 2.45) is 0 Å². The molecule has 0 bridgehead atoms. The first-order valence-corrected chi connectivity index (χ1v) is 5.99. The minimum atomic E-state index is -1.05. The number of carboxylic acids is 1. The van der Waals surface area contributed by atoms with E-state index in [1.807, 2.05) is 6.92 Å². The van der Waals surface area contributed by atoms with Crippen LogP contribution in [0.2, 0.25) is 0 Å².